The Labute approximate surface area is 175 Å². The van der Waals surface area contributed by atoms with E-state index in [0.717, 1.165) is 45.1 Å². The molecule has 0 unspecified atom stereocenters. The largest absolute Gasteiger partial charge is 0.331 e. The maximum absolute atomic E-state index is 4.67. The molecular weight excluding hydrogens is 370 g/mol. The van der Waals surface area contributed by atoms with E-state index in [-0.39, 0.29) is 0 Å². The number of aryl methyl sites for hydroxylation is 4. The molecule has 0 N–H and O–H groups in total. The Morgan fingerprint density at radius 1 is 0.800 bits per heavy atom. The smallest absolute Gasteiger partial charge is 0.165 e. The molecule has 5 nitrogen and oxygen atoms in total. The zero-order valence-corrected chi connectivity index (χ0v) is 17.6. The van der Waals surface area contributed by atoms with Crippen LogP contribution in [-0.4, -0.2) is 24.3 Å². The maximum Gasteiger partial charge on any atom is 0.165 e. The molecule has 2 aromatic heterocycles. The zero-order valence-electron chi connectivity index (χ0n) is 17.6. The minimum atomic E-state index is 0.822. The van der Waals surface area contributed by atoms with Crippen LogP contribution >= 0.6 is 0 Å². The highest BCUT2D eigenvalue weighted by Gasteiger charge is 2.18. The highest BCUT2D eigenvalue weighted by Crippen LogP contribution is 2.32. The average Bonchev–Trinajstić information content (AvgIpc) is 3.33. The first kappa shape index (κ1) is 18.3. The van der Waals surface area contributed by atoms with Crippen LogP contribution in [0.1, 0.15) is 17.0 Å². The van der Waals surface area contributed by atoms with Gasteiger partial charge < -0.3 is 4.57 Å². The Morgan fingerprint density at radius 2 is 1.53 bits per heavy atom. The number of para-hydroxylation sites is 1. The normalized spacial score (nSPS) is 11.3. The van der Waals surface area contributed by atoms with Gasteiger partial charge in [0.25, 0.3) is 0 Å². The van der Waals surface area contributed by atoms with Gasteiger partial charge >= 0.3 is 0 Å². The lowest BCUT2D eigenvalue weighted by Crippen LogP contribution is -2.05. The van der Waals surface area contributed by atoms with E-state index >= 15 is 0 Å². The van der Waals surface area contributed by atoms with Gasteiger partial charge in [-0.3, -0.25) is 0 Å². The summed E-state index contributed by atoms with van der Waals surface area (Å²) in [5.41, 5.74) is 8.87. The Kier molecular flexibility index (Phi) is 4.24. The third-order valence-corrected chi connectivity index (χ3v) is 5.72. The van der Waals surface area contributed by atoms with Crippen molar-refractivity contribution in [2.75, 3.05) is 0 Å². The molecule has 30 heavy (non-hydrogen) atoms. The summed E-state index contributed by atoms with van der Waals surface area (Å²) in [6.07, 6.45) is 1.63. The topological polar surface area (TPSA) is 48.5 Å². The second-order valence-electron chi connectivity index (χ2n) is 7.71. The van der Waals surface area contributed by atoms with Crippen molar-refractivity contribution in [1.29, 1.82) is 0 Å². The molecule has 5 rings (SSSR count). The van der Waals surface area contributed by atoms with Crippen LogP contribution in [0.15, 0.2) is 67.0 Å². The van der Waals surface area contributed by atoms with Crippen LogP contribution < -0.4 is 0 Å². The molecule has 0 saturated carbocycles. The van der Waals surface area contributed by atoms with Gasteiger partial charge in [-0.1, -0.05) is 36.4 Å². The fourth-order valence-electron chi connectivity index (χ4n) is 4.24. The molecule has 0 amide bonds. The summed E-state index contributed by atoms with van der Waals surface area (Å²) in [5.74, 6) is 1.80. The molecule has 5 aromatic rings. The van der Waals surface area contributed by atoms with Gasteiger partial charge in [0.05, 0.1) is 16.7 Å². The van der Waals surface area contributed by atoms with Crippen molar-refractivity contribution >= 4 is 11.0 Å². The summed E-state index contributed by atoms with van der Waals surface area (Å²) < 4.78 is 4.07. The van der Waals surface area contributed by atoms with E-state index in [1.807, 2.05) is 36.9 Å². The Morgan fingerprint density at radius 3 is 2.27 bits per heavy atom. The number of hydrogen-bond donors (Lipinski definition) is 0. The van der Waals surface area contributed by atoms with E-state index in [4.69, 9.17) is 0 Å². The molecule has 0 aliphatic heterocycles. The van der Waals surface area contributed by atoms with E-state index in [9.17, 15) is 0 Å². The van der Waals surface area contributed by atoms with Gasteiger partial charge in [0, 0.05) is 12.6 Å². The summed E-state index contributed by atoms with van der Waals surface area (Å²) in [4.78, 5) is 9.31. The maximum atomic E-state index is 4.67. The molecule has 0 atom stereocenters. The van der Waals surface area contributed by atoms with E-state index in [2.05, 4.69) is 75.9 Å². The molecule has 0 bridgehead atoms. The first-order valence-corrected chi connectivity index (χ1v) is 10.0. The van der Waals surface area contributed by atoms with Crippen LogP contribution in [0.2, 0.25) is 0 Å². The summed E-state index contributed by atoms with van der Waals surface area (Å²) in [6, 6.07) is 21.1. The van der Waals surface area contributed by atoms with Crippen molar-refractivity contribution in [2.24, 2.45) is 7.05 Å². The number of imidazole rings is 1. The third-order valence-electron chi connectivity index (χ3n) is 5.72. The van der Waals surface area contributed by atoms with Crippen molar-refractivity contribution < 1.29 is 0 Å². The Bertz CT molecular complexity index is 1350. The van der Waals surface area contributed by atoms with Crippen LogP contribution in [0.5, 0.6) is 0 Å². The van der Waals surface area contributed by atoms with Crippen LogP contribution in [0.4, 0.5) is 0 Å². The van der Waals surface area contributed by atoms with Crippen molar-refractivity contribution in [3.63, 3.8) is 0 Å². The highest BCUT2D eigenvalue weighted by molar-refractivity contribution is 5.91. The van der Waals surface area contributed by atoms with Crippen LogP contribution in [0, 0.1) is 20.8 Å². The van der Waals surface area contributed by atoms with Crippen molar-refractivity contribution in [1.82, 2.24) is 24.3 Å². The lowest BCUT2D eigenvalue weighted by atomic mass is 9.99. The van der Waals surface area contributed by atoms with Crippen molar-refractivity contribution in [3.8, 4) is 28.2 Å². The quantitative estimate of drug-likeness (QED) is 0.412. The molecule has 5 heteroatoms. The lowest BCUT2D eigenvalue weighted by molar-refractivity contribution is 0.866. The first-order valence-electron chi connectivity index (χ1n) is 10.0. The third kappa shape index (κ3) is 2.82. The molecule has 0 spiro atoms. The number of benzene rings is 3. The molecule has 0 aliphatic rings. The molecule has 0 saturated heterocycles. The minimum Gasteiger partial charge on any atom is -0.331 e. The summed E-state index contributed by atoms with van der Waals surface area (Å²) in [7, 11) is 2.04. The highest BCUT2D eigenvalue weighted by atomic mass is 15.3. The van der Waals surface area contributed by atoms with Crippen LogP contribution in [0.25, 0.3) is 39.2 Å². The second kappa shape index (κ2) is 6.95. The Balaban J connectivity index is 1.70. The molecule has 0 radical (unpaired) electrons. The summed E-state index contributed by atoms with van der Waals surface area (Å²) in [5, 5.41) is 4.61. The fraction of sp³-hybridized carbons (Fsp3) is 0.160. The zero-order chi connectivity index (χ0) is 20.8. The number of aromatic nitrogens is 5. The predicted octanol–water partition coefficient (Wildman–Crippen LogP) is 5.41. The van der Waals surface area contributed by atoms with Crippen molar-refractivity contribution in [3.05, 3.63) is 83.9 Å². The van der Waals surface area contributed by atoms with E-state index in [1.165, 1.54) is 11.1 Å². The second-order valence-corrected chi connectivity index (χ2v) is 7.71. The van der Waals surface area contributed by atoms with Gasteiger partial charge in [0.2, 0.25) is 0 Å². The first-order chi connectivity index (χ1) is 14.5. The monoisotopic (exact) mass is 393 g/mol. The van der Waals surface area contributed by atoms with Gasteiger partial charge in [0.1, 0.15) is 12.2 Å². The lowest BCUT2D eigenvalue weighted by Gasteiger charge is -2.15. The summed E-state index contributed by atoms with van der Waals surface area (Å²) in [6.45, 7) is 6.29. The van der Waals surface area contributed by atoms with Crippen LogP contribution in [0.3, 0.4) is 0 Å². The minimum absolute atomic E-state index is 0.822. The van der Waals surface area contributed by atoms with Crippen molar-refractivity contribution in [2.45, 2.75) is 20.8 Å². The fourth-order valence-corrected chi connectivity index (χ4v) is 4.24. The average molecular weight is 393 g/mol. The number of nitrogens with zero attached hydrogens (tertiary/aromatic N) is 5. The molecular formula is C25H23N5. The molecule has 0 aliphatic carbocycles. The van der Waals surface area contributed by atoms with Gasteiger partial charge in [-0.05, 0) is 67.3 Å². The van der Waals surface area contributed by atoms with Gasteiger partial charge in [-0.15, -0.1) is 0 Å². The van der Waals surface area contributed by atoms with E-state index < -0.39 is 0 Å². The Hall–Kier alpha value is -3.73. The molecule has 148 valence electrons. The summed E-state index contributed by atoms with van der Waals surface area (Å²) >= 11 is 0. The molecule has 0 fully saturated rings. The standard InChI is InChI=1S/C25H23N5/c1-16-13-20(19-9-6-5-7-10-19)14-17(2)23(16)30-25(26-15-27-30)21-11-8-12-22-24(21)29(4)18(3)28-22/h5-15H,1-4H3. The predicted molar refractivity (Wildman–Crippen MR) is 121 cm³/mol. The van der Waals surface area contributed by atoms with Gasteiger partial charge in [-0.2, -0.15) is 5.10 Å². The SMILES string of the molecule is Cc1cc(-c2ccccc2)cc(C)c1-n1ncnc1-c1cccc2nc(C)n(C)c12. The van der Waals surface area contributed by atoms with Gasteiger partial charge in [0.15, 0.2) is 5.82 Å². The van der Waals surface area contributed by atoms with Crippen LogP contribution in [-0.2, 0) is 7.05 Å². The van der Waals surface area contributed by atoms with Gasteiger partial charge in [-0.25, -0.2) is 14.6 Å². The number of fused-ring (bicyclic) bond motifs is 1. The molecule has 3 aromatic carbocycles. The number of rotatable bonds is 3. The number of hydrogen-bond acceptors (Lipinski definition) is 3. The molecule has 2 heterocycles. The van der Waals surface area contributed by atoms with E-state index in [0.29, 0.717) is 0 Å². The van der Waals surface area contributed by atoms with E-state index in [1.54, 1.807) is 6.33 Å².